The highest BCUT2D eigenvalue weighted by atomic mass is 32.2. The minimum atomic E-state index is -3.91. The van der Waals surface area contributed by atoms with E-state index >= 15 is 0 Å². The molecule has 2 aromatic carbocycles. The standard InChI is InChI=1S/C20H26N4O6S2/c1-22(2)32(28,29)24-13-11-23(12-14-24)20(25)16-5-4-6-19(15-16)31(26,27)21-17-7-9-18(30-3)10-8-17/h4-10,15,21H,11-14H2,1-3H3. The molecule has 0 aromatic heterocycles. The number of hydrogen-bond acceptors (Lipinski definition) is 6. The Hall–Kier alpha value is -2.67. The van der Waals surface area contributed by atoms with Gasteiger partial charge >= 0.3 is 0 Å². The van der Waals surface area contributed by atoms with Gasteiger partial charge in [-0.3, -0.25) is 9.52 Å². The van der Waals surface area contributed by atoms with Crippen molar-refractivity contribution in [2.45, 2.75) is 4.90 Å². The number of carbonyl (C=O) groups is 1. The minimum Gasteiger partial charge on any atom is -0.497 e. The predicted molar refractivity (Wildman–Crippen MR) is 120 cm³/mol. The van der Waals surface area contributed by atoms with Crippen LogP contribution in [0.3, 0.4) is 0 Å². The fourth-order valence-electron chi connectivity index (χ4n) is 3.20. The van der Waals surface area contributed by atoms with Crippen LogP contribution in [0.5, 0.6) is 5.75 Å². The third kappa shape index (κ3) is 5.21. The van der Waals surface area contributed by atoms with E-state index in [0.29, 0.717) is 11.4 Å². The fourth-order valence-corrected chi connectivity index (χ4v) is 5.40. The number of anilines is 1. The number of hydrogen-bond donors (Lipinski definition) is 1. The van der Waals surface area contributed by atoms with Gasteiger partial charge in [0, 0.05) is 51.5 Å². The third-order valence-electron chi connectivity index (χ3n) is 5.05. The van der Waals surface area contributed by atoms with Crippen molar-refractivity contribution < 1.29 is 26.4 Å². The Labute approximate surface area is 188 Å². The van der Waals surface area contributed by atoms with Crippen molar-refractivity contribution in [1.82, 2.24) is 13.5 Å². The van der Waals surface area contributed by atoms with Crippen LogP contribution in [0.1, 0.15) is 10.4 Å². The lowest BCUT2D eigenvalue weighted by molar-refractivity contribution is 0.0695. The lowest BCUT2D eigenvalue weighted by Gasteiger charge is -2.35. The second-order valence-electron chi connectivity index (χ2n) is 7.34. The highest BCUT2D eigenvalue weighted by Crippen LogP contribution is 2.21. The number of ether oxygens (including phenoxy) is 1. The first-order valence-electron chi connectivity index (χ1n) is 9.78. The van der Waals surface area contributed by atoms with Crippen LogP contribution >= 0.6 is 0 Å². The van der Waals surface area contributed by atoms with Crippen LogP contribution in [0.15, 0.2) is 53.4 Å². The van der Waals surface area contributed by atoms with Crippen molar-refractivity contribution in [2.75, 3.05) is 52.1 Å². The number of benzene rings is 2. The quantitative estimate of drug-likeness (QED) is 0.631. The Morgan fingerprint density at radius 3 is 2.16 bits per heavy atom. The molecule has 0 unspecified atom stereocenters. The van der Waals surface area contributed by atoms with E-state index in [2.05, 4.69) is 4.72 Å². The van der Waals surface area contributed by atoms with Crippen LogP contribution in [-0.2, 0) is 20.2 Å². The van der Waals surface area contributed by atoms with Crippen LogP contribution in [0.2, 0.25) is 0 Å². The Balaban J connectivity index is 1.72. The summed E-state index contributed by atoms with van der Waals surface area (Å²) in [6.07, 6.45) is 0. The lowest BCUT2D eigenvalue weighted by atomic mass is 10.2. The molecule has 1 amide bonds. The Bertz CT molecular complexity index is 1170. The first-order chi connectivity index (χ1) is 15.0. The molecule has 0 spiro atoms. The van der Waals surface area contributed by atoms with Crippen molar-refractivity contribution in [3.8, 4) is 5.75 Å². The average Bonchev–Trinajstić information content (AvgIpc) is 2.79. The summed E-state index contributed by atoms with van der Waals surface area (Å²) in [5, 5.41) is 0. The van der Waals surface area contributed by atoms with Gasteiger partial charge < -0.3 is 9.64 Å². The van der Waals surface area contributed by atoms with E-state index in [9.17, 15) is 21.6 Å². The molecule has 12 heteroatoms. The predicted octanol–water partition coefficient (Wildman–Crippen LogP) is 1.06. The van der Waals surface area contributed by atoms with E-state index in [1.54, 1.807) is 24.3 Å². The number of sulfonamides is 1. The molecule has 174 valence electrons. The normalized spacial score (nSPS) is 15.6. The van der Waals surface area contributed by atoms with Crippen LogP contribution in [0.4, 0.5) is 5.69 Å². The van der Waals surface area contributed by atoms with Crippen LogP contribution in [0.25, 0.3) is 0 Å². The largest absolute Gasteiger partial charge is 0.497 e. The summed E-state index contributed by atoms with van der Waals surface area (Å²) in [6, 6.07) is 12.2. The molecule has 1 fully saturated rings. The zero-order valence-corrected chi connectivity index (χ0v) is 19.7. The maximum absolute atomic E-state index is 12.9. The van der Waals surface area contributed by atoms with E-state index in [1.807, 2.05) is 0 Å². The van der Waals surface area contributed by atoms with Crippen LogP contribution < -0.4 is 9.46 Å². The summed E-state index contributed by atoms with van der Waals surface area (Å²) >= 11 is 0. The zero-order chi connectivity index (χ0) is 23.5. The van der Waals surface area contributed by atoms with Gasteiger partial charge in [0.1, 0.15) is 5.75 Å². The molecule has 0 aliphatic carbocycles. The molecule has 0 radical (unpaired) electrons. The molecule has 0 bridgehead atoms. The van der Waals surface area contributed by atoms with Crippen LogP contribution in [0, 0.1) is 0 Å². The van der Waals surface area contributed by atoms with Crippen molar-refractivity contribution in [3.63, 3.8) is 0 Å². The summed E-state index contributed by atoms with van der Waals surface area (Å²) in [7, 11) is -3.02. The Kier molecular flexibility index (Phi) is 7.08. The van der Waals surface area contributed by atoms with Gasteiger partial charge in [0.15, 0.2) is 0 Å². The van der Waals surface area contributed by atoms with E-state index in [4.69, 9.17) is 4.74 Å². The smallest absolute Gasteiger partial charge is 0.281 e. The molecular weight excluding hydrogens is 456 g/mol. The molecule has 32 heavy (non-hydrogen) atoms. The summed E-state index contributed by atoms with van der Waals surface area (Å²) < 4.78 is 60.0. The van der Waals surface area contributed by atoms with Crippen LogP contribution in [-0.4, -0.2) is 83.6 Å². The van der Waals surface area contributed by atoms with E-state index in [0.717, 1.165) is 4.31 Å². The Morgan fingerprint density at radius 2 is 1.59 bits per heavy atom. The number of methoxy groups -OCH3 is 1. The van der Waals surface area contributed by atoms with Gasteiger partial charge in [-0.15, -0.1) is 0 Å². The van der Waals surface area contributed by atoms with Gasteiger partial charge in [-0.1, -0.05) is 6.07 Å². The molecular formula is C20H26N4O6S2. The number of rotatable bonds is 7. The summed E-state index contributed by atoms with van der Waals surface area (Å²) in [5.74, 6) is 0.243. The van der Waals surface area contributed by atoms with Gasteiger partial charge in [-0.05, 0) is 42.5 Å². The van der Waals surface area contributed by atoms with Gasteiger partial charge in [-0.2, -0.15) is 17.0 Å². The third-order valence-corrected chi connectivity index (χ3v) is 8.37. The Morgan fingerprint density at radius 1 is 0.969 bits per heavy atom. The molecule has 0 saturated carbocycles. The minimum absolute atomic E-state index is 0.0482. The van der Waals surface area contributed by atoms with Crippen molar-refractivity contribution >= 4 is 31.8 Å². The fraction of sp³-hybridized carbons (Fsp3) is 0.350. The van der Waals surface area contributed by atoms with Gasteiger partial charge in [0.2, 0.25) is 0 Å². The monoisotopic (exact) mass is 482 g/mol. The maximum atomic E-state index is 12.9. The molecule has 2 aromatic rings. The summed E-state index contributed by atoms with van der Waals surface area (Å²) in [6.45, 7) is 0.770. The second kappa shape index (κ2) is 9.45. The molecule has 0 atom stereocenters. The van der Waals surface area contributed by atoms with Crippen molar-refractivity contribution in [3.05, 3.63) is 54.1 Å². The average molecular weight is 483 g/mol. The van der Waals surface area contributed by atoms with Gasteiger partial charge in [0.05, 0.1) is 12.0 Å². The van der Waals surface area contributed by atoms with Crippen molar-refractivity contribution in [1.29, 1.82) is 0 Å². The summed E-state index contributed by atoms with van der Waals surface area (Å²) in [4.78, 5) is 14.4. The maximum Gasteiger partial charge on any atom is 0.281 e. The SMILES string of the molecule is COc1ccc(NS(=O)(=O)c2cccc(C(=O)N3CCN(S(=O)(=O)N(C)C)CC3)c2)cc1. The van der Waals surface area contributed by atoms with Gasteiger partial charge in [-0.25, -0.2) is 8.42 Å². The number of nitrogens with one attached hydrogen (secondary N) is 1. The number of amides is 1. The topological polar surface area (TPSA) is 116 Å². The van der Waals surface area contributed by atoms with Gasteiger partial charge in [0.25, 0.3) is 26.1 Å². The van der Waals surface area contributed by atoms with Crippen molar-refractivity contribution in [2.24, 2.45) is 0 Å². The molecule has 10 nitrogen and oxygen atoms in total. The molecule has 1 saturated heterocycles. The second-order valence-corrected chi connectivity index (χ2v) is 11.2. The first kappa shape index (κ1) is 24.0. The molecule has 1 aliphatic heterocycles. The molecule has 1 aliphatic rings. The lowest BCUT2D eigenvalue weighted by Crippen LogP contribution is -2.53. The zero-order valence-electron chi connectivity index (χ0n) is 18.1. The number of piperazine rings is 1. The summed E-state index contributed by atoms with van der Waals surface area (Å²) in [5.41, 5.74) is 0.576. The first-order valence-corrected chi connectivity index (χ1v) is 12.7. The molecule has 1 N–H and O–H groups in total. The highest BCUT2D eigenvalue weighted by Gasteiger charge is 2.30. The van der Waals surface area contributed by atoms with E-state index in [-0.39, 0.29) is 42.5 Å². The molecule has 3 rings (SSSR count). The van der Waals surface area contributed by atoms with E-state index in [1.165, 1.54) is 54.7 Å². The van der Waals surface area contributed by atoms with E-state index < -0.39 is 20.2 Å². The number of carbonyl (C=O) groups excluding carboxylic acids is 1. The highest BCUT2D eigenvalue weighted by molar-refractivity contribution is 7.92. The number of nitrogens with zero attached hydrogens (tertiary/aromatic N) is 3. The molecule has 1 heterocycles.